The van der Waals surface area contributed by atoms with Gasteiger partial charge in [-0.25, -0.2) is 19.9 Å². The van der Waals surface area contributed by atoms with Crippen molar-refractivity contribution in [3.63, 3.8) is 0 Å². The first kappa shape index (κ1) is 41.3. The maximum absolute atomic E-state index is 5.00. The monoisotopic (exact) mass is 863 g/mol. The summed E-state index contributed by atoms with van der Waals surface area (Å²) in [5.74, 6) is 1.55. The molecule has 0 saturated carbocycles. The van der Waals surface area contributed by atoms with E-state index in [0.717, 1.165) is 110 Å². The number of para-hydroxylation sites is 2. The largest absolute Gasteiger partial charge is 0.376 e. The Balaban J connectivity index is 0.000000148. The predicted molar refractivity (Wildman–Crippen MR) is 262 cm³/mol. The predicted octanol–water partition coefficient (Wildman–Crippen LogP) is 10.2. The molecular formula is C50H53N15. The van der Waals surface area contributed by atoms with Gasteiger partial charge in [-0.1, -0.05) is 32.0 Å². The molecule has 2 aromatic carbocycles. The number of nitrogens with one attached hydrogen (secondary N) is 4. The number of benzene rings is 2. The van der Waals surface area contributed by atoms with E-state index in [1.54, 1.807) is 6.20 Å². The Morgan fingerprint density at radius 1 is 0.523 bits per heavy atom. The van der Waals surface area contributed by atoms with Crippen LogP contribution in [0, 0.1) is 0 Å². The minimum Gasteiger partial charge on any atom is -0.376 e. The van der Waals surface area contributed by atoms with Gasteiger partial charge in [0.05, 0.1) is 45.1 Å². The van der Waals surface area contributed by atoms with Crippen molar-refractivity contribution in [2.45, 2.75) is 52.4 Å². The van der Waals surface area contributed by atoms with Gasteiger partial charge < -0.3 is 24.7 Å². The van der Waals surface area contributed by atoms with Crippen molar-refractivity contribution in [3.05, 3.63) is 104 Å². The highest BCUT2D eigenvalue weighted by molar-refractivity contribution is 5.97. The van der Waals surface area contributed by atoms with Gasteiger partial charge in [-0.15, -0.1) is 0 Å². The zero-order valence-electron chi connectivity index (χ0n) is 37.3. The van der Waals surface area contributed by atoms with Crippen LogP contribution < -0.4 is 14.7 Å². The van der Waals surface area contributed by atoms with Crippen molar-refractivity contribution >= 4 is 61.2 Å². The number of pyridine rings is 4. The molecule has 0 unspecified atom stereocenters. The summed E-state index contributed by atoms with van der Waals surface area (Å²) < 4.78 is 0. The zero-order valence-corrected chi connectivity index (χ0v) is 37.3. The lowest BCUT2D eigenvalue weighted by Gasteiger charge is -2.28. The number of piperidine rings is 2. The van der Waals surface area contributed by atoms with Crippen molar-refractivity contribution in [3.8, 4) is 45.3 Å². The molecule has 0 bridgehead atoms. The van der Waals surface area contributed by atoms with Gasteiger partial charge in [0.25, 0.3) is 0 Å². The molecule has 0 aliphatic carbocycles. The van der Waals surface area contributed by atoms with Gasteiger partial charge in [0.2, 0.25) is 0 Å². The van der Waals surface area contributed by atoms with Crippen LogP contribution in [0.4, 0.5) is 17.1 Å². The van der Waals surface area contributed by atoms with Gasteiger partial charge in [0.15, 0.2) is 22.9 Å². The van der Waals surface area contributed by atoms with E-state index in [1.165, 1.54) is 49.9 Å². The minimum atomic E-state index is 0.669. The molecule has 2 fully saturated rings. The molecular weight excluding hydrogens is 811 g/mol. The zero-order chi connectivity index (χ0) is 44.3. The van der Waals surface area contributed by atoms with E-state index in [4.69, 9.17) is 9.97 Å². The molecule has 15 nitrogen and oxygen atoms in total. The molecule has 0 radical (unpaired) electrons. The molecule has 15 heteroatoms. The summed E-state index contributed by atoms with van der Waals surface area (Å²) in [5, 5.41) is 17.0. The number of hydrogen-bond donors (Lipinski definition) is 4. The van der Waals surface area contributed by atoms with Crippen molar-refractivity contribution in [1.29, 1.82) is 0 Å². The maximum Gasteiger partial charge on any atom is 0.181 e. The Morgan fingerprint density at radius 2 is 1.03 bits per heavy atom. The van der Waals surface area contributed by atoms with E-state index in [9.17, 15) is 0 Å². The second-order valence-corrected chi connectivity index (χ2v) is 16.6. The fourth-order valence-corrected chi connectivity index (χ4v) is 8.89. The molecule has 2 aliphatic heterocycles. The number of nitrogens with zero attached hydrogens (tertiary/aromatic N) is 11. The first-order valence-electron chi connectivity index (χ1n) is 22.7. The molecule has 8 aromatic heterocycles. The normalized spacial score (nSPS) is 14.1. The molecule has 0 spiro atoms. The molecule has 2 saturated heterocycles. The first-order chi connectivity index (χ1) is 32.0. The van der Waals surface area contributed by atoms with Crippen LogP contribution in [0.25, 0.3) is 89.4 Å². The average molecular weight is 864 g/mol. The van der Waals surface area contributed by atoms with Crippen molar-refractivity contribution < 1.29 is 0 Å². The van der Waals surface area contributed by atoms with Crippen LogP contribution in [0.15, 0.2) is 104 Å². The van der Waals surface area contributed by atoms with E-state index >= 15 is 0 Å². The molecule has 0 atom stereocenters. The lowest BCUT2D eigenvalue weighted by Crippen LogP contribution is -2.29. The quantitative estimate of drug-likeness (QED) is 0.120. The standard InChI is InChI=1S/C25H26N8.C23H21N7.C2H6/c1-32(2)18-11-16(13-26-15-18)17-12-19-22(30-31-24(19)27-14-17)25-28-20-7-6-8-21(23(20)29-25)33-9-4-3-5-10-33;1-2-10-30(11-3-1)19-8-4-7-18-21(19)27-23(26-18)20-17-12-16(14-25-22(17)29-28-20)15-6-5-9-24-13-15;1-2/h6-8,11-15H,3-5,9-10H2,1-2H3,(H,28,29)(H,27,30,31);4-9,12-14H,1-3,10-11H2,(H,26,27)(H,25,28,29);1-2H3. The third-order valence-electron chi connectivity index (χ3n) is 12.2. The molecule has 328 valence electrons. The van der Waals surface area contributed by atoms with Crippen molar-refractivity contribution in [2.75, 3.05) is 55.0 Å². The van der Waals surface area contributed by atoms with Crippen LogP contribution in [0.2, 0.25) is 0 Å². The Labute approximate surface area is 376 Å². The SMILES string of the molecule is CC.CN(C)c1cncc(-c2cnc3n[nH]c(-c4nc5c(N6CCCCC6)cccc5[nH]4)c3c2)c1.c1cncc(-c2cnc3n[nH]c(-c4nc5c(N6CCCCC6)cccc5[nH]4)c3c2)c1. The number of H-pyrrole nitrogens is 4. The molecule has 2 aliphatic rings. The number of fused-ring (bicyclic) bond motifs is 4. The first-order valence-corrected chi connectivity index (χ1v) is 22.7. The second kappa shape index (κ2) is 18.2. The summed E-state index contributed by atoms with van der Waals surface area (Å²) >= 11 is 0. The maximum atomic E-state index is 5.00. The summed E-state index contributed by atoms with van der Waals surface area (Å²) in [6.45, 7) is 8.35. The molecule has 10 heterocycles. The van der Waals surface area contributed by atoms with Crippen LogP contribution in [0.1, 0.15) is 52.4 Å². The van der Waals surface area contributed by atoms with E-state index in [1.807, 2.05) is 76.0 Å². The fraction of sp³-hybridized carbons (Fsp3) is 0.280. The summed E-state index contributed by atoms with van der Waals surface area (Å²) in [6.07, 6.45) is 18.6. The van der Waals surface area contributed by atoms with E-state index in [2.05, 4.69) is 115 Å². The molecule has 65 heavy (non-hydrogen) atoms. The number of anilines is 3. The Bertz CT molecular complexity index is 3200. The van der Waals surface area contributed by atoms with Gasteiger partial charge in [0.1, 0.15) is 22.4 Å². The number of rotatable bonds is 7. The van der Waals surface area contributed by atoms with E-state index < -0.39 is 0 Å². The fourth-order valence-electron chi connectivity index (χ4n) is 8.89. The number of hydrogen-bond acceptors (Lipinski definition) is 11. The van der Waals surface area contributed by atoms with Gasteiger partial charge in [0, 0.05) is 93.5 Å². The topological polar surface area (TPSA) is 176 Å². The average Bonchev–Trinajstić information content (AvgIpc) is 4.20. The van der Waals surface area contributed by atoms with Gasteiger partial charge >= 0.3 is 0 Å². The highest BCUT2D eigenvalue weighted by atomic mass is 15.2. The lowest BCUT2D eigenvalue weighted by atomic mass is 10.1. The third kappa shape index (κ3) is 8.20. The number of aromatic nitrogens is 12. The summed E-state index contributed by atoms with van der Waals surface area (Å²) in [4.78, 5) is 41.6. The molecule has 12 rings (SSSR count). The highest BCUT2D eigenvalue weighted by Gasteiger charge is 2.21. The van der Waals surface area contributed by atoms with E-state index in [0.29, 0.717) is 11.3 Å². The van der Waals surface area contributed by atoms with Gasteiger partial charge in [-0.05, 0) is 87.1 Å². The van der Waals surface area contributed by atoms with Gasteiger partial charge in [-0.2, -0.15) is 10.2 Å². The Kier molecular flexibility index (Phi) is 11.6. The smallest absolute Gasteiger partial charge is 0.181 e. The van der Waals surface area contributed by atoms with Crippen molar-refractivity contribution in [1.82, 2.24) is 60.3 Å². The molecule has 10 aromatic rings. The minimum absolute atomic E-state index is 0.669. The highest BCUT2D eigenvalue weighted by Crippen LogP contribution is 2.35. The lowest BCUT2D eigenvalue weighted by molar-refractivity contribution is 0.579. The van der Waals surface area contributed by atoms with Gasteiger partial charge in [-0.3, -0.25) is 20.2 Å². The summed E-state index contributed by atoms with van der Waals surface area (Å²) in [5.41, 5.74) is 14.6. The van der Waals surface area contributed by atoms with Crippen LogP contribution in [0.5, 0.6) is 0 Å². The summed E-state index contributed by atoms with van der Waals surface area (Å²) in [7, 11) is 4.02. The van der Waals surface area contributed by atoms with Crippen LogP contribution in [-0.2, 0) is 0 Å². The molecule has 0 amide bonds. The number of aromatic amines is 4. The Hall–Kier alpha value is -7.68. The van der Waals surface area contributed by atoms with Crippen LogP contribution in [0.3, 0.4) is 0 Å². The Morgan fingerprint density at radius 3 is 1.54 bits per heavy atom. The second-order valence-electron chi connectivity index (χ2n) is 16.6. The number of imidazole rings is 2. The van der Waals surface area contributed by atoms with Crippen LogP contribution in [-0.4, -0.2) is 101 Å². The molecule has 4 N–H and O–H groups in total. The third-order valence-corrected chi connectivity index (χ3v) is 12.2. The summed E-state index contributed by atoms with van der Waals surface area (Å²) in [6, 6.07) is 23.0. The van der Waals surface area contributed by atoms with E-state index in [-0.39, 0.29) is 0 Å². The van der Waals surface area contributed by atoms with Crippen molar-refractivity contribution in [2.24, 2.45) is 0 Å². The van der Waals surface area contributed by atoms with Crippen LogP contribution >= 0.6 is 0 Å².